The maximum absolute atomic E-state index is 13.0. The maximum atomic E-state index is 13.0. The van der Waals surface area contributed by atoms with Gasteiger partial charge in [0.05, 0.1) is 11.8 Å². The van der Waals surface area contributed by atoms with E-state index in [-0.39, 0.29) is 5.56 Å². The lowest BCUT2D eigenvalue weighted by atomic mass is 10.1. The molecule has 0 aliphatic heterocycles. The second-order valence-electron chi connectivity index (χ2n) is 4.14. The van der Waals surface area contributed by atoms with Crippen molar-refractivity contribution in [2.45, 2.75) is 6.54 Å². The molecule has 0 radical (unpaired) electrons. The third-order valence-electron chi connectivity index (χ3n) is 2.63. The Bertz CT molecular complexity index is 660. The quantitative estimate of drug-likeness (QED) is 0.842. The van der Waals surface area contributed by atoms with Gasteiger partial charge in [0.25, 0.3) is 5.91 Å². The van der Waals surface area contributed by atoms with E-state index in [1.165, 1.54) is 6.20 Å². The van der Waals surface area contributed by atoms with Crippen molar-refractivity contribution in [2.75, 3.05) is 0 Å². The number of carbonyl (C=O) groups excluding carboxylic acids is 1. The van der Waals surface area contributed by atoms with Gasteiger partial charge in [0.15, 0.2) is 0 Å². The zero-order chi connectivity index (χ0) is 14.5. The molecule has 1 heterocycles. The molecular weight excluding hydrogens is 277 g/mol. The van der Waals surface area contributed by atoms with Gasteiger partial charge >= 0.3 is 0 Å². The largest absolute Gasteiger partial charge is 0.389 e. The van der Waals surface area contributed by atoms with Crippen molar-refractivity contribution in [2.24, 2.45) is 5.73 Å². The summed E-state index contributed by atoms with van der Waals surface area (Å²) in [5.41, 5.74) is 7.31. The number of rotatable bonds is 4. The second-order valence-corrected chi connectivity index (χ2v) is 4.58. The van der Waals surface area contributed by atoms with E-state index >= 15 is 0 Å². The standard InChI is InChI=1S/C14H12FN3OS/c15-12-5-11(7-17-8-12)14(19)18-6-9-2-1-3-10(4-9)13(16)20/h1-5,7-8H,6H2,(H2,16,20)(H,18,19). The first-order chi connectivity index (χ1) is 9.56. The molecule has 0 spiro atoms. The van der Waals surface area contributed by atoms with E-state index in [4.69, 9.17) is 18.0 Å². The molecule has 0 atom stereocenters. The highest BCUT2D eigenvalue weighted by molar-refractivity contribution is 7.80. The average molecular weight is 289 g/mol. The molecular formula is C14H12FN3OS. The van der Waals surface area contributed by atoms with Gasteiger partial charge in [-0.3, -0.25) is 9.78 Å². The number of hydrogen-bond acceptors (Lipinski definition) is 3. The van der Waals surface area contributed by atoms with Crippen molar-refractivity contribution in [3.05, 3.63) is 65.2 Å². The molecule has 102 valence electrons. The number of thiocarbonyl (C=S) groups is 1. The minimum Gasteiger partial charge on any atom is -0.389 e. The first kappa shape index (κ1) is 14.1. The Morgan fingerprint density at radius 2 is 2.10 bits per heavy atom. The predicted molar refractivity (Wildman–Crippen MR) is 77.7 cm³/mol. The highest BCUT2D eigenvalue weighted by Gasteiger charge is 2.07. The fourth-order valence-electron chi connectivity index (χ4n) is 1.65. The number of pyridine rings is 1. The molecule has 1 amide bonds. The zero-order valence-corrected chi connectivity index (χ0v) is 11.3. The van der Waals surface area contributed by atoms with Crippen molar-refractivity contribution in [1.82, 2.24) is 10.3 Å². The summed E-state index contributed by atoms with van der Waals surface area (Å²) in [6.45, 7) is 0.297. The molecule has 0 aliphatic carbocycles. The molecule has 0 saturated heterocycles. The van der Waals surface area contributed by atoms with Crippen LogP contribution in [0.25, 0.3) is 0 Å². The van der Waals surface area contributed by atoms with Crippen molar-refractivity contribution < 1.29 is 9.18 Å². The topological polar surface area (TPSA) is 68.0 Å². The molecule has 2 aromatic rings. The number of aromatic nitrogens is 1. The summed E-state index contributed by atoms with van der Waals surface area (Å²) in [5.74, 6) is -0.939. The van der Waals surface area contributed by atoms with Gasteiger partial charge in [-0.15, -0.1) is 0 Å². The highest BCUT2D eigenvalue weighted by atomic mass is 32.1. The van der Waals surface area contributed by atoms with Crippen LogP contribution < -0.4 is 11.1 Å². The fourth-order valence-corrected chi connectivity index (χ4v) is 1.78. The van der Waals surface area contributed by atoms with Gasteiger partial charge < -0.3 is 11.1 Å². The Balaban J connectivity index is 2.03. The van der Waals surface area contributed by atoms with Gasteiger partial charge in [0.2, 0.25) is 0 Å². The van der Waals surface area contributed by atoms with Crippen LogP contribution in [-0.2, 0) is 6.54 Å². The Kier molecular flexibility index (Phi) is 4.37. The molecule has 0 unspecified atom stereocenters. The lowest BCUT2D eigenvalue weighted by molar-refractivity contribution is 0.0950. The van der Waals surface area contributed by atoms with E-state index in [1.807, 2.05) is 6.07 Å². The van der Waals surface area contributed by atoms with Crippen molar-refractivity contribution in [3.8, 4) is 0 Å². The van der Waals surface area contributed by atoms with Crippen LogP contribution in [0.15, 0.2) is 42.7 Å². The van der Waals surface area contributed by atoms with Crippen LogP contribution in [0.2, 0.25) is 0 Å². The summed E-state index contributed by atoms with van der Waals surface area (Å²) in [7, 11) is 0. The van der Waals surface area contributed by atoms with E-state index in [0.29, 0.717) is 11.5 Å². The molecule has 0 saturated carbocycles. The van der Waals surface area contributed by atoms with Gasteiger partial charge in [0, 0.05) is 18.3 Å². The van der Waals surface area contributed by atoms with E-state index < -0.39 is 11.7 Å². The third kappa shape index (κ3) is 3.58. The van der Waals surface area contributed by atoms with E-state index in [2.05, 4.69) is 10.3 Å². The van der Waals surface area contributed by atoms with Crippen LogP contribution in [0.5, 0.6) is 0 Å². The van der Waals surface area contributed by atoms with Gasteiger partial charge in [-0.25, -0.2) is 4.39 Å². The number of nitrogens with zero attached hydrogens (tertiary/aromatic N) is 1. The highest BCUT2D eigenvalue weighted by Crippen LogP contribution is 2.06. The SMILES string of the molecule is NC(=S)c1cccc(CNC(=O)c2cncc(F)c2)c1. The summed E-state index contributed by atoms with van der Waals surface area (Å²) >= 11 is 4.89. The fraction of sp³-hybridized carbons (Fsp3) is 0.0714. The predicted octanol–water partition coefficient (Wildman–Crippen LogP) is 1.78. The Hall–Kier alpha value is -2.34. The Morgan fingerprint density at radius 3 is 2.80 bits per heavy atom. The van der Waals surface area contributed by atoms with E-state index in [0.717, 1.165) is 23.4 Å². The van der Waals surface area contributed by atoms with Gasteiger partial charge in [-0.05, 0) is 17.7 Å². The lowest BCUT2D eigenvalue weighted by Crippen LogP contribution is -2.23. The molecule has 1 aromatic heterocycles. The van der Waals surface area contributed by atoms with E-state index in [9.17, 15) is 9.18 Å². The number of nitrogens with two attached hydrogens (primary N) is 1. The minimum atomic E-state index is -0.548. The number of benzene rings is 1. The summed E-state index contributed by atoms with van der Waals surface area (Å²) in [4.78, 5) is 15.7. The Labute approximate surface area is 120 Å². The van der Waals surface area contributed by atoms with Gasteiger partial charge in [0.1, 0.15) is 10.8 Å². The van der Waals surface area contributed by atoms with Gasteiger partial charge in [-0.2, -0.15) is 0 Å². The van der Waals surface area contributed by atoms with Crippen LogP contribution in [0, 0.1) is 5.82 Å². The Morgan fingerprint density at radius 1 is 1.30 bits per heavy atom. The summed E-state index contributed by atoms with van der Waals surface area (Å²) in [5, 5.41) is 2.68. The van der Waals surface area contributed by atoms with Crippen LogP contribution >= 0.6 is 12.2 Å². The maximum Gasteiger partial charge on any atom is 0.253 e. The van der Waals surface area contributed by atoms with Crippen LogP contribution in [0.4, 0.5) is 4.39 Å². The summed E-state index contributed by atoms with van der Waals surface area (Å²) in [6.07, 6.45) is 2.35. The normalized spacial score (nSPS) is 10.1. The summed E-state index contributed by atoms with van der Waals surface area (Å²) in [6, 6.07) is 8.37. The average Bonchev–Trinajstić information content (AvgIpc) is 2.45. The molecule has 0 aliphatic rings. The number of halogens is 1. The number of nitrogens with one attached hydrogen (secondary N) is 1. The third-order valence-corrected chi connectivity index (χ3v) is 2.87. The number of carbonyl (C=O) groups is 1. The molecule has 0 fully saturated rings. The van der Waals surface area contributed by atoms with Crippen molar-refractivity contribution in [3.63, 3.8) is 0 Å². The molecule has 4 nitrogen and oxygen atoms in total. The molecule has 2 rings (SSSR count). The zero-order valence-electron chi connectivity index (χ0n) is 10.5. The molecule has 0 bridgehead atoms. The number of hydrogen-bond donors (Lipinski definition) is 2. The smallest absolute Gasteiger partial charge is 0.253 e. The summed E-state index contributed by atoms with van der Waals surface area (Å²) < 4.78 is 13.0. The molecule has 20 heavy (non-hydrogen) atoms. The lowest BCUT2D eigenvalue weighted by Gasteiger charge is -2.06. The van der Waals surface area contributed by atoms with Crippen LogP contribution in [0.1, 0.15) is 21.5 Å². The van der Waals surface area contributed by atoms with E-state index in [1.54, 1.807) is 18.2 Å². The van der Waals surface area contributed by atoms with Crippen LogP contribution in [0.3, 0.4) is 0 Å². The monoisotopic (exact) mass is 289 g/mol. The molecule has 6 heteroatoms. The minimum absolute atomic E-state index is 0.176. The number of amides is 1. The molecule has 1 aromatic carbocycles. The van der Waals surface area contributed by atoms with Gasteiger partial charge in [-0.1, -0.05) is 30.4 Å². The van der Waals surface area contributed by atoms with Crippen LogP contribution in [-0.4, -0.2) is 15.9 Å². The first-order valence-corrected chi connectivity index (χ1v) is 6.24. The second kappa shape index (κ2) is 6.21. The molecule has 3 N–H and O–H groups in total. The first-order valence-electron chi connectivity index (χ1n) is 5.84. The van der Waals surface area contributed by atoms with Crippen molar-refractivity contribution in [1.29, 1.82) is 0 Å². The van der Waals surface area contributed by atoms with Crippen molar-refractivity contribution >= 4 is 23.1 Å².